The number of nitrogens with one attached hydrogen (secondary N) is 1. The summed E-state index contributed by atoms with van der Waals surface area (Å²) in [6, 6.07) is 3.52. The number of hydrogen-bond acceptors (Lipinski definition) is 5. The van der Waals surface area contributed by atoms with Crippen LogP contribution in [0.2, 0.25) is 0 Å². The monoisotopic (exact) mass is 420 g/mol. The van der Waals surface area contributed by atoms with Crippen molar-refractivity contribution in [3.63, 3.8) is 0 Å². The van der Waals surface area contributed by atoms with Crippen molar-refractivity contribution in [3.8, 4) is 0 Å². The highest BCUT2D eigenvalue weighted by molar-refractivity contribution is 7.99. The van der Waals surface area contributed by atoms with Gasteiger partial charge in [-0.05, 0) is 31.9 Å². The second-order valence-corrected chi connectivity index (χ2v) is 9.60. The topological polar surface area (TPSA) is 69.0 Å². The van der Waals surface area contributed by atoms with E-state index in [4.69, 9.17) is 4.42 Å². The molecule has 160 valence electrons. The van der Waals surface area contributed by atoms with Crippen LogP contribution in [0.3, 0.4) is 0 Å². The van der Waals surface area contributed by atoms with Gasteiger partial charge in [0.2, 0.25) is 0 Å². The number of thioether (sulfide) groups is 1. The number of piperazine rings is 1. The van der Waals surface area contributed by atoms with Crippen LogP contribution in [0, 0.1) is 6.92 Å². The maximum Gasteiger partial charge on any atom is 0.317 e. The molecule has 0 bridgehead atoms. The molecule has 3 fully saturated rings. The highest BCUT2D eigenvalue weighted by Gasteiger charge is 2.40. The van der Waals surface area contributed by atoms with Crippen LogP contribution in [-0.2, 0) is 0 Å². The first kappa shape index (κ1) is 20.6. The Morgan fingerprint density at radius 3 is 2.31 bits per heavy atom. The third-order valence-corrected chi connectivity index (χ3v) is 7.53. The first-order valence-corrected chi connectivity index (χ1v) is 11.9. The normalized spacial score (nSPS) is 22.7. The molecule has 0 atom stereocenters. The van der Waals surface area contributed by atoms with Gasteiger partial charge in [0.05, 0.1) is 0 Å². The summed E-state index contributed by atoms with van der Waals surface area (Å²) in [5.41, 5.74) is 0.144. The zero-order chi connectivity index (χ0) is 20.3. The molecule has 8 heteroatoms. The van der Waals surface area contributed by atoms with Crippen molar-refractivity contribution in [2.75, 3.05) is 57.3 Å². The van der Waals surface area contributed by atoms with Crippen molar-refractivity contribution >= 4 is 23.7 Å². The van der Waals surface area contributed by atoms with Crippen molar-refractivity contribution in [1.29, 1.82) is 0 Å². The molecule has 1 saturated carbocycles. The van der Waals surface area contributed by atoms with Gasteiger partial charge in [0.1, 0.15) is 5.76 Å². The van der Waals surface area contributed by atoms with Crippen LogP contribution in [0.5, 0.6) is 0 Å². The molecule has 7 nitrogen and oxygen atoms in total. The van der Waals surface area contributed by atoms with Gasteiger partial charge in [0.25, 0.3) is 5.91 Å². The fourth-order valence-corrected chi connectivity index (χ4v) is 5.75. The Labute approximate surface area is 177 Å². The molecule has 29 heavy (non-hydrogen) atoms. The molecule has 1 N–H and O–H groups in total. The summed E-state index contributed by atoms with van der Waals surface area (Å²) in [6.07, 6.45) is 4.88. The van der Waals surface area contributed by atoms with Crippen molar-refractivity contribution in [2.24, 2.45) is 0 Å². The van der Waals surface area contributed by atoms with Crippen LogP contribution >= 0.6 is 11.8 Å². The second kappa shape index (κ2) is 9.00. The molecule has 3 heterocycles. The number of nitrogens with zero attached hydrogens (tertiary/aromatic N) is 3. The highest BCUT2D eigenvalue weighted by atomic mass is 32.2. The summed E-state index contributed by atoms with van der Waals surface area (Å²) < 4.78 is 5.45. The maximum atomic E-state index is 12.8. The summed E-state index contributed by atoms with van der Waals surface area (Å²) in [6.45, 7) is 7.04. The van der Waals surface area contributed by atoms with E-state index in [-0.39, 0.29) is 17.5 Å². The fraction of sp³-hybridized carbons (Fsp3) is 0.714. The molecule has 2 aliphatic heterocycles. The Kier molecular flexibility index (Phi) is 6.39. The number of furan rings is 1. The van der Waals surface area contributed by atoms with Gasteiger partial charge in [-0.2, -0.15) is 11.8 Å². The van der Waals surface area contributed by atoms with Gasteiger partial charge in [-0.25, -0.2) is 4.79 Å². The number of rotatable bonds is 4. The number of aryl methyl sites for hydroxylation is 1. The Hall–Kier alpha value is -1.67. The van der Waals surface area contributed by atoms with Crippen molar-refractivity contribution < 1.29 is 14.0 Å². The van der Waals surface area contributed by atoms with Gasteiger partial charge in [0.15, 0.2) is 5.76 Å². The van der Waals surface area contributed by atoms with E-state index in [1.165, 1.54) is 37.2 Å². The van der Waals surface area contributed by atoms with E-state index >= 15 is 0 Å². The molecule has 3 amide bonds. The van der Waals surface area contributed by atoms with Gasteiger partial charge in [0, 0.05) is 62.9 Å². The van der Waals surface area contributed by atoms with E-state index in [9.17, 15) is 9.59 Å². The molecular weight excluding hydrogens is 388 g/mol. The van der Waals surface area contributed by atoms with Crippen LogP contribution in [0.4, 0.5) is 4.79 Å². The number of amides is 3. The lowest BCUT2D eigenvalue weighted by molar-refractivity contribution is 0.0625. The van der Waals surface area contributed by atoms with Gasteiger partial charge in [-0.1, -0.05) is 12.8 Å². The van der Waals surface area contributed by atoms with Gasteiger partial charge >= 0.3 is 6.03 Å². The smallest absolute Gasteiger partial charge is 0.317 e. The number of carbonyl (C=O) groups is 2. The van der Waals surface area contributed by atoms with Crippen LogP contribution in [-0.4, -0.2) is 89.5 Å². The SMILES string of the molecule is Cc1ccc(C(=O)N2CCN(C(=O)NCC3(N4CCSCC4)CCCC3)CC2)o1. The average Bonchev–Trinajstić information content (AvgIpc) is 3.42. The Morgan fingerprint density at radius 1 is 1.03 bits per heavy atom. The molecule has 0 aromatic carbocycles. The summed E-state index contributed by atoms with van der Waals surface area (Å²) in [5, 5.41) is 3.23. The minimum atomic E-state index is -0.0916. The number of urea groups is 1. The molecule has 1 aromatic rings. The van der Waals surface area contributed by atoms with Gasteiger partial charge < -0.3 is 19.5 Å². The van der Waals surface area contributed by atoms with Crippen molar-refractivity contribution in [3.05, 3.63) is 23.7 Å². The lowest BCUT2D eigenvalue weighted by Crippen LogP contribution is -2.59. The van der Waals surface area contributed by atoms with E-state index in [0.29, 0.717) is 31.9 Å². The molecule has 3 aliphatic rings. The molecule has 4 rings (SSSR count). The predicted octanol–water partition coefficient (Wildman–Crippen LogP) is 2.42. The zero-order valence-electron chi connectivity index (χ0n) is 17.3. The zero-order valence-corrected chi connectivity index (χ0v) is 18.1. The Balaban J connectivity index is 1.27. The molecule has 2 saturated heterocycles. The Bertz CT molecular complexity index is 717. The maximum absolute atomic E-state index is 12.8. The summed E-state index contributed by atoms with van der Waals surface area (Å²) >= 11 is 2.03. The van der Waals surface area contributed by atoms with Crippen molar-refractivity contribution in [2.45, 2.75) is 38.1 Å². The number of carbonyl (C=O) groups excluding carboxylic acids is 2. The van der Waals surface area contributed by atoms with E-state index < -0.39 is 0 Å². The second-order valence-electron chi connectivity index (χ2n) is 8.38. The third-order valence-electron chi connectivity index (χ3n) is 6.59. The summed E-state index contributed by atoms with van der Waals surface area (Å²) in [5.74, 6) is 3.41. The van der Waals surface area contributed by atoms with Gasteiger partial charge in [-0.3, -0.25) is 9.69 Å². The first-order chi connectivity index (χ1) is 14.1. The van der Waals surface area contributed by atoms with Crippen LogP contribution < -0.4 is 5.32 Å². The molecule has 0 spiro atoms. The quantitative estimate of drug-likeness (QED) is 0.810. The molecule has 1 aromatic heterocycles. The lowest BCUT2D eigenvalue weighted by Gasteiger charge is -2.44. The molecule has 0 radical (unpaired) electrons. The average molecular weight is 421 g/mol. The summed E-state index contributed by atoms with van der Waals surface area (Å²) in [7, 11) is 0. The van der Waals surface area contributed by atoms with E-state index in [2.05, 4.69) is 10.2 Å². The Morgan fingerprint density at radius 2 is 1.69 bits per heavy atom. The molecule has 1 aliphatic carbocycles. The van der Waals surface area contributed by atoms with Crippen LogP contribution in [0.25, 0.3) is 0 Å². The minimum Gasteiger partial charge on any atom is -0.456 e. The van der Waals surface area contributed by atoms with E-state index in [1.54, 1.807) is 17.0 Å². The third kappa shape index (κ3) is 4.58. The van der Waals surface area contributed by atoms with E-state index in [1.807, 2.05) is 23.6 Å². The minimum absolute atomic E-state index is 0.00333. The van der Waals surface area contributed by atoms with Gasteiger partial charge in [-0.15, -0.1) is 0 Å². The van der Waals surface area contributed by atoms with Crippen molar-refractivity contribution in [1.82, 2.24) is 20.0 Å². The molecule has 0 unspecified atom stereocenters. The predicted molar refractivity (Wildman–Crippen MR) is 114 cm³/mol. The standard InChI is InChI=1S/C21H32N4O3S/c1-17-4-5-18(28-17)19(26)23-8-10-24(11-9-23)20(27)22-16-21(6-2-3-7-21)25-12-14-29-15-13-25/h4-5H,2-3,6-16H2,1H3,(H,22,27). The first-order valence-electron chi connectivity index (χ1n) is 10.8. The van der Waals surface area contributed by atoms with Crippen LogP contribution in [0.15, 0.2) is 16.5 Å². The summed E-state index contributed by atoms with van der Waals surface area (Å²) in [4.78, 5) is 31.5. The van der Waals surface area contributed by atoms with E-state index in [0.717, 1.165) is 25.4 Å². The lowest BCUT2D eigenvalue weighted by atomic mass is 9.94. The van der Waals surface area contributed by atoms with Crippen LogP contribution in [0.1, 0.15) is 42.0 Å². The highest BCUT2D eigenvalue weighted by Crippen LogP contribution is 2.36. The fourth-order valence-electron chi connectivity index (χ4n) is 4.85. The molecular formula is C21H32N4O3S. The largest absolute Gasteiger partial charge is 0.456 e. The number of hydrogen-bond donors (Lipinski definition) is 1.